The molecule has 4 heteroatoms. The summed E-state index contributed by atoms with van der Waals surface area (Å²) in [6, 6.07) is 5.16. The Morgan fingerprint density at radius 1 is 1.42 bits per heavy atom. The topological polar surface area (TPSA) is 20.7 Å². The molecule has 0 aliphatic heterocycles. The van der Waals surface area contributed by atoms with E-state index in [4.69, 9.17) is 12.2 Å². The van der Waals surface area contributed by atoms with E-state index in [0.717, 1.165) is 18.0 Å². The maximum atomic E-state index is 13.7. The molecule has 1 heterocycles. The van der Waals surface area contributed by atoms with Crippen LogP contribution in [0.2, 0.25) is 0 Å². The van der Waals surface area contributed by atoms with Crippen LogP contribution in [-0.2, 0) is 6.54 Å². The number of hydrogen-bond acceptors (Lipinski definition) is 1. The second-order valence-electron chi connectivity index (χ2n) is 5.81. The minimum absolute atomic E-state index is 0.223. The molecule has 102 valence electrons. The first kappa shape index (κ1) is 12.9. The SMILES string of the molecule is CC1CCCC(Cn2c(=S)[nH]c3c(F)cccc32)C1. The van der Waals surface area contributed by atoms with E-state index in [2.05, 4.69) is 16.5 Å². The summed E-state index contributed by atoms with van der Waals surface area (Å²) in [5.74, 6) is 1.24. The summed E-state index contributed by atoms with van der Waals surface area (Å²) in [7, 11) is 0. The van der Waals surface area contributed by atoms with Gasteiger partial charge in [-0.05, 0) is 49.0 Å². The monoisotopic (exact) mass is 278 g/mol. The smallest absolute Gasteiger partial charge is 0.178 e. The largest absolute Gasteiger partial charge is 0.328 e. The van der Waals surface area contributed by atoms with Gasteiger partial charge in [-0.15, -0.1) is 0 Å². The number of aromatic amines is 1. The minimum Gasteiger partial charge on any atom is -0.328 e. The second kappa shape index (κ2) is 5.08. The van der Waals surface area contributed by atoms with Gasteiger partial charge >= 0.3 is 0 Å². The maximum absolute atomic E-state index is 13.7. The molecule has 1 aromatic carbocycles. The molecular weight excluding hydrogens is 259 g/mol. The van der Waals surface area contributed by atoms with Crippen LogP contribution in [-0.4, -0.2) is 9.55 Å². The summed E-state index contributed by atoms with van der Waals surface area (Å²) >= 11 is 5.35. The Morgan fingerprint density at radius 2 is 2.26 bits per heavy atom. The molecule has 0 radical (unpaired) electrons. The average molecular weight is 278 g/mol. The highest BCUT2D eigenvalue weighted by Gasteiger charge is 2.20. The number of imidazole rings is 1. The summed E-state index contributed by atoms with van der Waals surface area (Å²) in [5.41, 5.74) is 1.43. The van der Waals surface area contributed by atoms with Crippen molar-refractivity contribution in [2.75, 3.05) is 0 Å². The van der Waals surface area contributed by atoms with E-state index in [-0.39, 0.29) is 5.82 Å². The lowest BCUT2D eigenvalue weighted by molar-refractivity contribution is 0.258. The van der Waals surface area contributed by atoms with Gasteiger partial charge in [-0.3, -0.25) is 0 Å². The fraction of sp³-hybridized carbons (Fsp3) is 0.533. The Kier molecular flexibility index (Phi) is 3.44. The lowest BCUT2D eigenvalue weighted by Gasteiger charge is -2.27. The third-order valence-corrected chi connectivity index (χ3v) is 4.57. The number of halogens is 1. The van der Waals surface area contributed by atoms with E-state index in [0.29, 0.717) is 16.2 Å². The van der Waals surface area contributed by atoms with Gasteiger partial charge < -0.3 is 9.55 Å². The molecule has 2 nitrogen and oxygen atoms in total. The summed E-state index contributed by atoms with van der Waals surface area (Å²) in [6.07, 6.45) is 5.15. The molecule has 3 rings (SSSR count). The van der Waals surface area contributed by atoms with Crippen molar-refractivity contribution >= 4 is 23.3 Å². The van der Waals surface area contributed by atoms with Gasteiger partial charge in [-0.1, -0.05) is 25.8 Å². The molecule has 2 atom stereocenters. The summed E-state index contributed by atoms with van der Waals surface area (Å²) in [4.78, 5) is 3.00. The van der Waals surface area contributed by atoms with Crippen molar-refractivity contribution < 1.29 is 4.39 Å². The van der Waals surface area contributed by atoms with Gasteiger partial charge in [0.15, 0.2) is 4.77 Å². The Labute approximate surface area is 117 Å². The molecule has 19 heavy (non-hydrogen) atoms. The van der Waals surface area contributed by atoms with Gasteiger partial charge in [-0.25, -0.2) is 4.39 Å². The number of benzene rings is 1. The minimum atomic E-state index is -0.223. The molecule has 0 spiro atoms. The zero-order valence-corrected chi connectivity index (χ0v) is 12.0. The highest BCUT2D eigenvalue weighted by molar-refractivity contribution is 7.71. The maximum Gasteiger partial charge on any atom is 0.178 e. The quantitative estimate of drug-likeness (QED) is 0.792. The molecular formula is C15H19FN2S. The Bertz CT molecular complexity index is 643. The normalized spacial score (nSPS) is 23.9. The molecule has 1 fully saturated rings. The van der Waals surface area contributed by atoms with Crippen molar-refractivity contribution in [1.82, 2.24) is 9.55 Å². The first-order valence-corrected chi connectivity index (χ1v) is 7.43. The highest BCUT2D eigenvalue weighted by Crippen LogP contribution is 2.30. The lowest BCUT2D eigenvalue weighted by Crippen LogP contribution is -2.18. The lowest BCUT2D eigenvalue weighted by atomic mass is 9.82. The van der Waals surface area contributed by atoms with Crippen LogP contribution in [0.15, 0.2) is 18.2 Å². The van der Waals surface area contributed by atoms with Gasteiger partial charge in [0.1, 0.15) is 11.3 Å². The molecule has 1 aliphatic rings. The van der Waals surface area contributed by atoms with Crippen LogP contribution in [0.4, 0.5) is 4.39 Å². The molecule has 0 bridgehead atoms. The number of nitrogens with zero attached hydrogens (tertiary/aromatic N) is 1. The number of para-hydroxylation sites is 1. The van der Waals surface area contributed by atoms with Crippen LogP contribution < -0.4 is 0 Å². The zero-order chi connectivity index (χ0) is 13.4. The Morgan fingerprint density at radius 3 is 3.05 bits per heavy atom. The predicted molar refractivity (Wildman–Crippen MR) is 78.2 cm³/mol. The third kappa shape index (κ3) is 2.46. The van der Waals surface area contributed by atoms with Crippen molar-refractivity contribution in [3.63, 3.8) is 0 Å². The van der Waals surface area contributed by atoms with Crippen LogP contribution in [0.1, 0.15) is 32.6 Å². The molecule has 1 saturated carbocycles. The van der Waals surface area contributed by atoms with Crippen LogP contribution in [0.5, 0.6) is 0 Å². The van der Waals surface area contributed by atoms with Crippen molar-refractivity contribution in [1.29, 1.82) is 0 Å². The molecule has 0 saturated heterocycles. The molecule has 2 aromatic rings. The fourth-order valence-corrected chi connectivity index (χ4v) is 3.59. The van der Waals surface area contributed by atoms with Crippen molar-refractivity contribution in [2.24, 2.45) is 11.8 Å². The number of H-pyrrole nitrogens is 1. The third-order valence-electron chi connectivity index (χ3n) is 4.25. The van der Waals surface area contributed by atoms with Crippen LogP contribution in [0, 0.1) is 22.4 Å². The Hall–Kier alpha value is -1.16. The number of hydrogen-bond donors (Lipinski definition) is 1. The van der Waals surface area contributed by atoms with E-state index < -0.39 is 0 Å². The number of nitrogens with one attached hydrogen (secondary N) is 1. The molecule has 1 N–H and O–H groups in total. The van der Waals surface area contributed by atoms with E-state index in [1.54, 1.807) is 6.07 Å². The van der Waals surface area contributed by atoms with Crippen LogP contribution in [0.25, 0.3) is 11.0 Å². The molecule has 2 unspecified atom stereocenters. The van der Waals surface area contributed by atoms with Crippen LogP contribution >= 0.6 is 12.2 Å². The molecule has 0 amide bonds. The van der Waals surface area contributed by atoms with Gasteiger partial charge in [0.05, 0.1) is 5.52 Å². The first-order chi connectivity index (χ1) is 9.15. The Balaban J connectivity index is 1.94. The highest BCUT2D eigenvalue weighted by atomic mass is 32.1. The van der Waals surface area contributed by atoms with Crippen molar-refractivity contribution in [3.8, 4) is 0 Å². The number of aromatic nitrogens is 2. The molecule has 1 aliphatic carbocycles. The summed E-state index contributed by atoms with van der Waals surface area (Å²) in [6.45, 7) is 3.23. The van der Waals surface area contributed by atoms with Gasteiger partial charge in [0.25, 0.3) is 0 Å². The zero-order valence-electron chi connectivity index (χ0n) is 11.2. The van der Waals surface area contributed by atoms with E-state index in [9.17, 15) is 4.39 Å². The summed E-state index contributed by atoms with van der Waals surface area (Å²) in [5, 5.41) is 0. The van der Waals surface area contributed by atoms with E-state index in [1.807, 2.05) is 6.07 Å². The average Bonchev–Trinajstić information content (AvgIpc) is 2.69. The van der Waals surface area contributed by atoms with Crippen molar-refractivity contribution in [2.45, 2.75) is 39.2 Å². The first-order valence-electron chi connectivity index (χ1n) is 7.02. The van der Waals surface area contributed by atoms with E-state index >= 15 is 0 Å². The number of rotatable bonds is 2. The summed E-state index contributed by atoms with van der Waals surface area (Å²) < 4.78 is 16.4. The number of fused-ring (bicyclic) bond motifs is 1. The standard InChI is InChI=1S/C15H19FN2S/c1-10-4-2-5-11(8-10)9-18-13-7-3-6-12(16)14(13)17-15(18)19/h3,6-7,10-11H,2,4-5,8-9H2,1H3,(H,17,19). The predicted octanol–water partition coefficient (Wildman–Crippen LogP) is 4.66. The van der Waals surface area contributed by atoms with Crippen LogP contribution in [0.3, 0.4) is 0 Å². The van der Waals surface area contributed by atoms with Gasteiger partial charge in [0, 0.05) is 6.54 Å². The fourth-order valence-electron chi connectivity index (χ4n) is 3.31. The molecule has 1 aromatic heterocycles. The van der Waals surface area contributed by atoms with Gasteiger partial charge in [0.2, 0.25) is 0 Å². The van der Waals surface area contributed by atoms with Gasteiger partial charge in [-0.2, -0.15) is 0 Å². The van der Waals surface area contributed by atoms with Crippen molar-refractivity contribution in [3.05, 3.63) is 28.8 Å². The second-order valence-corrected chi connectivity index (χ2v) is 6.20. The van der Waals surface area contributed by atoms with E-state index in [1.165, 1.54) is 31.7 Å².